The van der Waals surface area contributed by atoms with Crippen LogP contribution in [0.4, 0.5) is 4.79 Å². The van der Waals surface area contributed by atoms with Crippen LogP contribution >= 0.6 is 11.8 Å². The van der Waals surface area contributed by atoms with Gasteiger partial charge in [0, 0.05) is 18.4 Å². The van der Waals surface area contributed by atoms with Crippen molar-refractivity contribution >= 4 is 17.9 Å². The summed E-state index contributed by atoms with van der Waals surface area (Å²) < 4.78 is 7.06. The van der Waals surface area contributed by atoms with E-state index in [2.05, 4.69) is 34.6 Å². The number of hydrogen-bond acceptors (Lipinski definition) is 5. The molecule has 7 heteroatoms. The van der Waals surface area contributed by atoms with Crippen LogP contribution in [0.15, 0.2) is 29.4 Å². The van der Waals surface area contributed by atoms with Gasteiger partial charge in [0.25, 0.3) is 0 Å². The second-order valence-corrected chi connectivity index (χ2v) is 5.94. The Morgan fingerprint density at radius 1 is 1.48 bits per heavy atom. The predicted molar refractivity (Wildman–Crippen MR) is 80.2 cm³/mol. The Labute approximate surface area is 126 Å². The summed E-state index contributed by atoms with van der Waals surface area (Å²) in [5.41, 5.74) is 2.24. The summed E-state index contributed by atoms with van der Waals surface area (Å²) in [6.07, 6.45) is -0.458. The van der Waals surface area contributed by atoms with E-state index in [1.165, 1.54) is 17.3 Å². The first-order chi connectivity index (χ1) is 10.1. The number of thioether (sulfide) groups is 1. The van der Waals surface area contributed by atoms with Gasteiger partial charge in [-0.2, -0.15) is 0 Å². The van der Waals surface area contributed by atoms with E-state index < -0.39 is 0 Å². The van der Waals surface area contributed by atoms with E-state index >= 15 is 0 Å². The molecule has 1 aliphatic heterocycles. The summed E-state index contributed by atoms with van der Waals surface area (Å²) in [6, 6.07) is 8.17. The minimum Gasteiger partial charge on any atom is -0.443 e. The summed E-state index contributed by atoms with van der Waals surface area (Å²) in [5.74, 6) is 1.50. The molecule has 21 heavy (non-hydrogen) atoms. The Bertz CT molecular complexity index is 671. The summed E-state index contributed by atoms with van der Waals surface area (Å²) >= 11 is 1.54. The fourth-order valence-corrected chi connectivity index (χ4v) is 3.07. The van der Waals surface area contributed by atoms with Crippen molar-refractivity contribution in [3.05, 3.63) is 29.8 Å². The molecule has 1 aliphatic rings. The molecule has 2 heterocycles. The number of hydrogen-bond donors (Lipinski definition) is 1. The Hall–Kier alpha value is -2.02. The number of ether oxygens (including phenoxy) is 1. The van der Waals surface area contributed by atoms with Gasteiger partial charge in [0.05, 0.1) is 6.54 Å². The van der Waals surface area contributed by atoms with Gasteiger partial charge in [0.2, 0.25) is 0 Å². The molecular weight excluding hydrogens is 288 g/mol. The summed E-state index contributed by atoms with van der Waals surface area (Å²) in [6.45, 7) is 2.60. The van der Waals surface area contributed by atoms with Crippen molar-refractivity contribution < 1.29 is 9.53 Å². The number of rotatable bonds is 4. The lowest BCUT2D eigenvalue weighted by Crippen LogP contribution is -2.17. The van der Waals surface area contributed by atoms with Gasteiger partial charge in [-0.3, -0.25) is 0 Å². The molecule has 1 amide bonds. The molecule has 3 rings (SSSR count). The number of alkyl carbamates (subject to hydrolysis) is 1. The minimum atomic E-state index is -0.348. The Morgan fingerprint density at radius 3 is 3.05 bits per heavy atom. The first-order valence-electron chi connectivity index (χ1n) is 6.67. The van der Waals surface area contributed by atoms with Gasteiger partial charge in [-0.25, -0.2) is 4.79 Å². The van der Waals surface area contributed by atoms with E-state index in [1.54, 1.807) is 0 Å². The van der Waals surface area contributed by atoms with Crippen LogP contribution in [0.1, 0.15) is 5.56 Å². The molecule has 110 valence electrons. The third-order valence-corrected chi connectivity index (χ3v) is 4.41. The Balaban J connectivity index is 1.72. The van der Waals surface area contributed by atoms with Gasteiger partial charge in [0.15, 0.2) is 11.0 Å². The second-order valence-electron chi connectivity index (χ2n) is 4.95. The van der Waals surface area contributed by atoms with Crippen LogP contribution in [0, 0.1) is 6.92 Å². The monoisotopic (exact) mass is 304 g/mol. The van der Waals surface area contributed by atoms with Crippen LogP contribution in [0.2, 0.25) is 0 Å². The number of nitrogens with zero attached hydrogens (tertiary/aromatic N) is 3. The highest BCUT2D eigenvalue weighted by atomic mass is 32.2. The van der Waals surface area contributed by atoms with Gasteiger partial charge in [-0.15, -0.1) is 10.2 Å². The summed E-state index contributed by atoms with van der Waals surface area (Å²) in [7, 11) is 1.94. The molecule has 1 saturated heterocycles. The second kappa shape index (κ2) is 5.77. The molecule has 1 N–H and O–H groups in total. The molecule has 0 bridgehead atoms. The van der Waals surface area contributed by atoms with Crippen LogP contribution in [-0.4, -0.2) is 39.3 Å². The first-order valence-corrected chi connectivity index (χ1v) is 7.66. The highest BCUT2D eigenvalue weighted by molar-refractivity contribution is 7.99. The minimum absolute atomic E-state index is 0.110. The lowest BCUT2D eigenvalue weighted by Gasteiger charge is -2.07. The standard InChI is InChI=1S/C14H16N4O2S/c1-9-4-3-5-10(6-9)12-16-17-13(18(12)2)21-8-11-7-15-14(19)20-11/h3-6,11H,7-8H2,1-2H3,(H,15,19)/t11-/m1/s1. The van der Waals surface area contributed by atoms with Crippen LogP contribution in [-0.2, 0) is 11.8 Å². The zero-order valence-corrected chi connectivity index (χ0v) is 12.7. The molecular formula is C14H16N4O2S. The molecule has 1 aromatic carbocycles. The van der Waals surface area contributed by atoms with Crippen molar-refractivity contribution in [2.24, 2.45) is 7.05 Å². The molecule has 1 aromatic heterocycles. The number of nitrogens with one attached hydrogen (secondary N) is 1. The molecule has 0 radical (unpaired) electrons. The lowest BCUT2D eigenvalue weighted by molar-refractivity contribution is 0.150. The van der Waals surface area contributed by atoms with E-state index in [4.69, 9.17) is 4.74 Å². The number of benzene rings is 1. The maximum Gasteiger partial charge on any atom is 0.407 e. The lowest BCUT2D eigenvalue weighted by atomic mass is 10.1. The van der Waals surface area contributed by atoms with Crippen molar-refractivity contribution in [2.45, 2.75) is 18.2 Å². The van der Waals surface area contributed by atoms with Gasteiger partial charge in [-0.05, 0) is 13.0 Å². The molecule has 0 spiro atoms. The summed E-state index contributed by atoms with van der Waals surface area (Å²) in [4.78, 5) is 11.0. The zero-order chi connectivity index (χ0) is 14.8. The highest BCUT2D eigenvalue weighted by Gasteiger charge is 2.23. The number of amides is 1. The van der Waals surface area contributed by atoms with E-state index in [9.17, 15) is 4.79 Å². The van der Waals surface area contributed by atoms with Crippen LogP contribution in [0.5, 0.6) is 0 Å². The van der Waals surface area contributed by atoms with Crippen molar-refractivity contribution in [2.75, 3.05) is 12.3 Å². The Kier molecular flexibility index (Phi) is 3.83. The molecule has 0 unspecified atom stereocenters. The normalized spacial score (nSPS) is 17.6. The Morgan fingerprint density at radius 2 is 2.33 bits per heavy atom. The molecule has 0 saturated carbocycles. The number of aromatic nitrogens is 3. The average molecular weight is 304 g/mol. The van der Waals surface area contributed by atoms with Gasteiger partial charge in [0.1, 0.15) is 6.10 Å². The van der Waals surface area contributed by atoms with Gasteiger partial charge >= 0.3 is 6.09 Å². The van der Waals surface area contributed by atoms with Crippen LogP contribution < -0.4 is 5.32 Å². The quantitative estimate of drug-likeness (QED) is 0.875. The van der Waals surface area contributed by atoms with Crippen molar-refractivity contribution in [1.82, 2.24) is 20.1 Å². The number of carbonyl (C=O) groups excluding carboxylic acids is 1. The van der Waals surface area contributed by atoms with Gasteiger partial charge in [-0.1, -0.05) is 35.5 Å². The highest BCUT2D eigenvalue weighted by Crippen LogP contribution is 2.24. The van der Waals surface area contributed by atoms with E-state index in [-0.39, 0.29) is 12.2 Å². The van der Waals surface area contributed by atoms with Crippen molar-refractivity contribution in [3.63, 3.8) is 0 Å². The molecule has 1 fully saturated rings. The first kappa shape index (κ1) is 13.9. The molecule has 1 atom stereocenters. The molecule has 2 aromatic rings. The van der Waals surface area contributed by atoms with E-state index in [0.717, 1.165) is 16.5 Å². The largest absolute Gasteiger partial charge is 0.443 e. The van der Waals surface area contributed by atoms with E-state index in [1.807, 2.05) is 23.7 Å². The van der Waals surface area contributed by atoms with Gasteiger partial charge < -0.3 is 14.6 Å². The number of cyclic esters (lactones) is 1. The number of carbonyl (C=O) groups is 1. The van der Waals surface area contributed by atoms with Crippen LogP contribution in [0.3, 0.4) is 0 Å². The molecule has 0 aliphatic carbocycles. The van der Waals surface area contributed by atoms with Crippen LogP contribution in [0.25, 0.3) is 11.4 Å². The predicted octanol–water partition coefficient (Wildman–Crippen LogP) is 1.99. The summed E-state index contributed by atoms with van der Waals surface area (Å²) in [5, 5.41) is 11.9. The molecule has 6 nitrogen and oxygen atoms in total. The topological polar surface area (TPSA) is 69.0 Å². The maximum absolute atomic E-state index is 11.0. The number of aryl methyl sites for hydroxylation is 1. The smallest absolute Gasteiger partial charge is 0.407 e. The fourth-order valence-electron chi connectivity index (χ4n) is 2.17. The third-order valence-electron chi connectivity index (χ3n) is 3.26. The SMILES string of the molecule is Cc1cccc(-c2nnc(SC[C@H]3CNC(=O)O3)n2C)c1. The van der Waals surface area contributed by atoms with Crippen molar-refractivity contribution in [3.8, 4) is 11.4 Å². The average Bonchev–Trinajstić information content (AvgIpc) is 3.03. The zero-order valence-electron chi connectivity index (χ0n) is 11.9. The third kappa shape index (κ3) is 3.02. The fraction of sp³-hybridized carbons (Fsp3) is 0.357. The maximum atomic E-state index is 11.0. The van der Waals surface area contributed by atoms with Crippen molar-refractivity contribution in [1.29, 1.82) is 0 Å². The van der Waals surface area contributed by atoms with E-state index in [0.29, 0.717) is 12.3 Å².